The molecule has 3 rings (SSSR count). The molecule has 0 aromatic heterocycles. The van der Waals surface area contributed by atoms with Crippen molar-refractivity contribution in [2.24, 2.45) is 0 Å². The van der Waals surface area contributed by atoms with E-state index in [0.29, 0.717) is 38.3 Å². The lowest BCUT2D eigenvalue weighted by Gasteiger charge is -2.23. The maximum absolute atomic E-state index is 12.8. The van der Waals surface area contributed by atoms with Crippen molar-refractivity contribution in [1.29, 1.82) is 0 Å². The lowest BCUT2D eigenvalue weighted by Crippen LogP contribution is -2.39. The lowest BCUT2D eigenvalue weighted by atomic mass is 10.2. The Kier molecular flexibility index (Phi) is 7.28. The molecule has 154 valence electrons. The molecule has 1 aromatic rings. The Morgan fingerprint density at radius 1 is 1.11 bits per heavy atom. The monoisotopic (exact) mass is 389 g/mol. The van der Waals surface area contributed by atoms with Gasteiger partial charge < -0.3 is 19.3 Å². The fraction of sp³-hybridized carbons (Fsp3) is 0.619. The molecule has 0 radical (unpaired) electrons. The zero-order valence-electron chi connectivity index (χ0n) is 16.9. The highest BCUT2D eigenvalue weighted by atomic mass is 16.5. The second-order valence-electron chi connectivity index (χ2n) is 7.68. The Labute approximate surface area is 167 Å². The molecule has 2 amide bonds. The van der Waals surface area contributed by atoms with Crippen LogP contribution in [0.1, 0.15) is 29.6 Å². The van der Waals surface area contributed by atoms with Crippen LogP contribution in [0.3, 0.4) is 0 Å². The molecule has 7 nitrogen and oxygen atoms in total. The van der Waals surface area contributed by atoms with E-state index in [1.54, 1.807) is 19.0 Å². The van der Waals surface area contributed by atoms with Crippen molar-refractivity contribution in [2.75, 3.05) is 60.0 Å². The van der Waals surface area contributed by atoms with E-state index < -0.39 is 0 Å². The van der Waals surface area contributed by atoms with Crippen LogP contribution in [-0.4, -0.2) is 92.7 Å². The number of likely N-dealkylation sites (N-methyl/N-ethyl adjacent to an activating group) is 1. The van der Waals surface area contributed by atoms with Gasteiger partial charge in [-0.15, -0.1) is 0 Å². The summed E-state index contributed by atoms with van der Waals surface area (Å²) in [4.78, 5) is 30.4. The van der Waals surface area contributed by atoms with Gasteiger partial charge in [-0.05, 0) is 43.5 Å². The number of rotatable bonds is 6. The topological polar surface area (TPSA) is 62.3 Å². The van der Waals surface area contributed by atoms with Crippen LogP contribution in [0.4, 0.5) is 0 Å². The van der Waals surface area contributed by atoms with Gasteiger partial charge in [0.05, 0.1) is 12.6 Å². The fourth-order valence-corrected chi connectivity index (χ4v) is 3.51. The van der Waals surface area contributed by atoms with Gasteiger partial charge in [0.2, 0.25) is 5.91 Å². The number of ether oxygens (including phenoxy) is 2. The average Bonchev–Trinajstić information content (AvgIpc) is 3.11. The van der Waals surface area contributed by atoms with E-state index in [2.05, 4.69) is 4.90 Å². The minimum Gasteiger partial charge on any atom is -0.491 e. The van der Waals surface area contributed by atoms with Gasteiger partial charge in [-0.3, -0.25) is 14.5 Å². The molecule has 2 heterocycles. The Hall–Kier alpha value is -2.12. The van der Waals surface area contributed by atoms with Crippen molar-refractivity contribution in [3.63, 3.8) is 0 Å². The van der Waals surface area contributed by atoms with Gasteiger partial charge in [-0.25, -0.2) is 0 Å². The minimum atomic E-state index is 0.0338. The van der Waals surface area contributed by atoms with Gasteiger partial charge >= 0.3 is 0 Å². The molecule has 2 fully saturated rings. The summed E-state index contributed by atoms with van der Waals surface area (Å²) in [5.41, 5.74) is 0.669. The molecule has 0 spiro atoms. The second kappa shape index (κ2) is 9.89. The van der Waals surface area contributed by atoms with Crippen molar-refractivity contribution in [1.82, 2.24) is 14.7 Å². The van der Waals surface area contributed by atoms with Crippen LogP contribution < -0.4 is 4.74 Å². The SMILES string of the molecule is CN(C)C(=O)CN1CCCN(C(=O)c2ccc(OCC3CCCO3)cc2)CC1. The fourth-order valence-electron chi connectivity index (χ4n) is 3.51. The molecule has 2 aliphatic rings. The van der Waals surface area contributed by atoms with Crippen molar-refractivity contribution in [3.8, 4) is 5.75 Å². The first-order valence-corrected chi connectivity index (χ1v) is 10.1. The van der Waals surface area contributed by atoms with Crippen LogP contribution in [0.15, 0.2) is 24.3 Å². The number of amides is 2. The van der Waals surface area contributed by atoms with Gasteiger partial charge in [0.15, 0.2) is 0 Å². The summed E-state index contributed by atoms with van der Waals surface area (Å²) in [5, 5.41) is 0. The molecule has 28 heavy (non-hydrogen) atoms. The third-order valence-corrected chi connectivity index (χ3v) is 5.29. The summed E-state index contributed by atoms with van der Waals surface area (Å²) < 4.78 is 11.3. The Morgan fingerprint density at radius 3 is 2.57 bits per heavy atom. The Bertz CT molecular complexity index is 656. The van der Waals surface area contributed by atoms with E-state index in [1.807, 2.05) is 29.2 Å². The standard InChI is InChI=1S/C21H31N3O4/c1-22(2)20(25)15-23-10-4-11-24(13-12-23)21(26)17-6-8-18(9-7-17)28-16-19-5-3-14-27-19/h6-9,19H,3-5,10-16H2,1-2H3. The van der Waals surface area contributed by atoms with Gasteiger partial charge in [-0.2, -0.15) is 0 Å². The number of carbonyl (C=O) groups excluding carboxylic acids is 2. The molecule has 7 heteroatoms. The number of hydrogen-bond acceptors (Lipinski definition) is 5. The third kappa shape index (κ3) is 5.69. The molecule has 1 atom stereocenters. The quantitative estimate of drug-likeness (QED) is 0.738. The summed E-state index contributed by atoms with van der Waals surface area (Å²) in [7, 11) is 3.54. The molecule has 1 unspecified atom stereocenters. The smallest absolute Gasteiger partial charge is 0.253 e. The summed E-state index contributed by atoms with van der Waals surface area (Å²) in [6, 6.07) is 7.35. The summed E-state index contributed by atoms with van der Waals surface area (Å²) in [6.07, 6.45) is 3.19. The normalized spacial score (nSPS) is 20.6. The van der Waals surface area contributed by atoms with Crippen LogP contribution in [0.2, 0.25) is 0 Å². The van der Waals surface area contributed by atoms with Gasteiger partial charge in [0, 0.05) is 52.4 Å². The molecular formula is C21H31N3O4. The third-order valence-electron chi connectivity index (χ3n) is 5.29. The number of carbonyl (C=O) groups is 2. The first-order chi connectivity index (χ1) is 13.5. The Balaban J connectivity index is 1.49. The highest BCUT2D eigenvalue weighted by molar-refractivity contribution is 5.94. The second-order valence-corrected chi connectivity index (χ2v) is 7.68. The van der Waals surface area contributed by atoms with E-state index in [9.17, 15) is 9.59 Å². The lowest BCUT2D eigenvalue weighted by molar-refractivity contribution is -0.129. The molecule has 0 aliphatic carbocycles. The van der Waals surface area contributed by atoms with Crippen LogP contribution in [0.25, 0.3) is 0 Å². The Morgan fingerprint density at radius 2 is 1.89 bits per heavy atom. The largest absolute Gasteiger partial charge is 0.491 e. The molecule has 0 saturated carbocycles. The summed E-state index contributed by atoms with van der Waals surface area (Å²) in [6.45, 7) is 4.68. The first-order valence-electron chi connectivity index (χ1n) is 10.1. The zero-order valence-corrected chi connectivity index (χ0v) is 16.9. The number of nitrogens with zero attached hydrogens (tertiary/aromatic N) is 3. The molecule has 0 N–H and O–H groups in total. The molecular weight excluding hydrogens is 358 g/mol. The van der Waals surface area contributed by atoms with E-state index in [1.165, 1.54) is 0 Å². The number of hydrogen-bond donors (Lipinski definition) is 0. The maximum Gasteiger partial charge on any atom is 0.253 e. The van der Waals surface area contributed by atoms with Gasteiger partial charge in [0.25, 0.3) is 5.91 Å². The molecule has 0 bridgehead atoms. The molecule has 1 aromatic carbocycles. The van der Waals surface area contributed by atoms with Gasteiger partial charge in [0.1, 0.15) is 12.4 Å². The van der Waals surface area contributed by atoms with E-state index in [4.69, 9.17) is 9.47 Å². The molecule has 2 aliphatic heterocycles. The van der Waals surface area contributed by atoms with E-state index in [-0.39, 0.29) is 17.9 Å². The van der Waals surface area contributed by atoms with Crippen molar-refractivity contribution < 1.29 is 19.1 Å². The number of benzene rings is 1. The van der Waals surface area contributed by atoms with Crippen molar-refractivity contribution in [3.05, 3.63) is 29.8 Å². The first kappa shape index (κ1) is 20.6. The van der Waals surface area contributed by atoms with E-state index in [0.717, 1.165) is 38.2 Å². The van der Waals surface area contributed by atoms with Gasteiger partial charge in [-0.1, -0.05) is 0 Å². The van der Waals surface area contributed by atoms with Crippen LogP contribution in [0.5, 0.6) is 5.75 Å². The van der Waals surface area contributed by atoms with Crippen molar-refractivity contribution in [2.45, 2.75) is 25.4 Å². The predicted molar refractivity (Wildman–Crippen MR) is 107 cm³/mol. The minimum absolute atomic E-state index is 0.0338. The summed E-state index contributed by atoms with van der Waals surface area (Å²) in [5.74, 6) is 0.890. The average molecular weight is 389 g/mol. The van der Waals surface area contributed by atoms with Crippen molar-refractivity contribution >= 4 is 11.8 Å². The predicted octanol–water partition coefficient (Wildman–Crippen LogP) is 1.48. The molecule has 2 saturated heterocycles. The van der Waals surface area contributed by atoms with Crippen LogP contribution >= 0.6 is 0 Å². The zero-order chi connectivity index (χ0) is 19.9. The highest BCUT2D eigenvalue weighted by Gasteiger charge is 2.22. The maximum atomic E-state index is 12.8. The summed E-state index contributed by atoms with van der Waals surface area (Å²) >= 11 is 0. The van der Waals surface area contributed by atoms with Crippen LogP contribution in [-0.2, 0) is 9.53 Å². The van der Waals surface area contributed by atoms with E-state index >= 15 is 0 Å². The van der Waals surface area contributed by atoms with Crippen LogP contribution in [0, 0.1) is 0 Å². The highest BCUT2D eigenvalue weighted by Crippen LogP contribution is 2.18.